The highest BCUT2D eigenvalue weighted by atomic mass is 16.6. The monoisotopic (exact) mass is 259 g/mol. The average molecular weight is 259 g/mol. The predicted molar refractivity (Wildman–Crippen MR) is 73.0 cm³/mol. The maximum absolute atomic E-state index is 11.8. The number of hydrogen-bond acceptors (Lipinski definition) is 3. The fourth-order valence-electron chi connectivity index (χ4n) is 1.82. The lowest BCUT2D eigenvalue weighted by molar-refractivity contribution is 0.121. The van der Waals surface area contributed by atoms with Gasteiger partial charge in [-0.25, -0.2) is 4.79 Å². The van der Waals surface area contributed by atoms with Crippen molar-refractivity contribution in [1.29, 1.82) is 0 Å². The van der Waals surface area contributed by atoms with Gasteiger partial charge in [-0.1, -0.05) is 30.3 Å². The molecule has 5 heteroatoms. The highest BCUT2D eigenvalue weighted by molar-refractivity contribution is 5.86. The summed E-state index contributed by atoms with van der Waals surface area (Å²) in [5.41, 5.74) is 3.17. The predicted octanol–water partition coefficient (Wildman–Crippen LogP) is 3.34. The van der Waals surface area contributed by atoms with E-state index < -0.39 is 6.09 Å². The van der Waals surface area contributed by atoms with Gasteiger partial charge in [0.25, 0.3) is 0 Å². The first-order chi connectivity index (χ1) is 9.08. The van der Waals surface area contributed by atoms with Crippen molar-refractivity contribution in [3.63, 3.8) is 0 Å². The van der Waals surface area contributed by atoms with E-state index in [1.54, 1.807) is 0 Å². The smallest absolute Gasteiger partial charge is 0.412 e. The highest BCUT2D eigenvalue weighted by Gasteiger charge is 2.14. The van der Waals surface area contributed by atoms with E-state index in [1.165, 1.54) is 0 Å². The molecule has 0 fully saturated rings. The van der Waals surface area contributed by atoms with E-state index in [0.717, 1.165) is 17.0 Å². The largest absolute Gasteiger partial charge is 0.441 e. The highest BCUT2D eigenvalue weighted by Crippen LogP contribution is 2.19. The zero-order chi connectivity index (χ0) is 13.8. The summed E-state index contributed by atoms with van der Waals surface area (Å²) in [5, 5.41) is 9.52. The molecule has 1 atom stereocenters. The normalized spacial score (nSPS) is 11.9. The van der Waals surface area contributed by atoms with Crippen molar-refractivity contribution in [2.75, 3.05) is 5.32 Å². The second-order valence-corrected chi connectivity index (χ2v) is 4.39. The lowest BCUT2D eigenvalue weighted by Crippen LogP contribution is -2.16. The van der Waals surface area contributed by atoms with Crippen LogP contribution in [0.1, 0.15) is 30.0 Å². The van der Waals surface area contributed by atoms with Gasteiger partial charge in [0.2, 0.25) is 0 Å². The van der Waals surface area contributed by atoms with Crippen molar-refractivity contribution in [2.24, 2.45) is 0 Å². The third kappa shape index (κ3) is 3.13. The van der Waals surface area contributed by atoms with Crippen molar-refractivity contribution in [2.45, 2.75) is 26.9 Å². The molecule has 1 aromatic carbocycles. The lowest BCUT2D eigenvalue weighted by atomic mass is 10.1. The number of aryl methyl sites for hydroxylation is 2. The molecular weight excluding hydrogens is 242 g/mol. The Hall–Kier alpha value is -2.30. The number of nitrogens with one attached hydrogen (secondary N) is 2. The Labute approximate surface area is 112 Å². The number of rotatable bonds is 3. The molecule has 1 aromatic heterocycles. The van der Waals surface area contributed by atoms with E-state index in [9.17, 15) is 4.79 Å². The first-order valence-corrected chi connectivity index (χ1v) is 6.12. The molecule has 2 aromatic rings. The maximum Gasteiger partial charge on any atom is 0.412 e. The zero-order valence-electron chi connectivity index (χ0n) is 11.2. The summed E-state index contributed by atoms with van der Waals surface area (Å²) < 4.78 is 5.33. The van der Waals surface area contributed by atoms with Crippen LogP contribution in [0, 0.1) is 13.8 Å². The SMILES string of the molecule is Cc1n[nH]c(C)c1NC(=O)O[C@H](C)c1ccccc1. The number of ether oxygens (including phenoxy) is 1. The number of amides is 1. The van der Waals surface area contributed by atoms with Gasteiger partial charge in [0.05, 0.1) is 17.1 Å². The Bertz CT molecular complexity index is 544. The lowest BCUT2D eigenvalue weighted by Gasteiger charge is -2.14. The third-order valence-corrected chi connectivity index (χ3v) is 2.91. The fraction of sp³-hybridized carbons (Fsp3) is 0.286. The molecule has 2 rings (SSSR count). The molecule has 1 heterocycles. The standard InChI is InChI=1S/C14H17N3O2/c1-9-13(10(2)17-16-9)15-14(18)19-11(3)12-7-5-4-6-8-12/h4-8,11H,1-3H3,(H,15,18)(H,16,17)/t11-/m1/s1. The second kappa shape index (κ2) is 5.56. The summed E-state index contributed by atoms with van der Waals surface area (Å²) in [4.78, 5) is 11.8. The van der Waals surface area contributed by atoms with Crippen molar-refractivity contribution in [3.05, 3.63) is 47.3 Å². The van der Waals surface area contributed by atoms with Crippen LogP contribution in [0.2, 0.25) is 0 Å². The van der Waals surface area contributed by atoms with E-state index >= 15 is 0 Å². The Morgan fingerprint density at radius 1 is 1.32 bits per heavy atom. The van der Waals surface area contributed by atoms with Gasteiger partial charge in [0.1, 0.15) is 6.10 Å². The first-order valence-electron chi connectivity index (χ1n) is 6.12. The molecule has 0 radical (unpaired) electrons. The van der Waals surface area contributed by atoms with Gasteiger partial charge < -0.3 is 4.74 Å². The fourth-order valence-corrected chi connectivity index (χ4v) is 1.82. The minimum atomic E-state index is -0.482. The van der Waals surface area contributed by atoms with Gasteiger partial charge in [0, 0.05) is 0 Å². The van der Waals surface area contributed by atoms with Crippen molar-refractivity contribution in [1.82, 2.24) is 10.2 Å². The molecule has 0 saturated heterocycles. The molecule has 2 N–H and O–H groups in total. The first kappa shape index (κ1) is 13.1. The number of carbonyl (C=O) groups is 1. The molecule has 19 heavy (non-hydrogen) atoms. The Balaban J connectivity index is 1.99. The van der Waals surface area contributed by atoms with Crippen LogP contribution in [0.4, 0.5) is 10.5 Å². The van der Waals surface area contributed by atoms with Gasteiger partial charge >= 0.3 is 6.09 Å². The number of anilines is 1. The summed E-state index contributed by atoms with van der Waals surface area (Å²) in [5.74, 6) is 0. The quantitative estimate of drug-likeness (QED) is 0.888. The number of hydrogen-bond donors (Lipinski definition) is 2. The van der Waals surface area contributed by atoms with Crippen LogP contribution in [0.5, 0.6) is 0 Å². The molecule has 5 nitrogen and oxygen atoms in total. The molecule has 0 bridgehead atoms. The van der Waals surface area contributed by atoms with Gasteiger partial charge in [-0.3, -0.25) is 10.4 Å². The van der Waals surface area contributed by atoms with Crippen LogP contribution in [0.15, 0.2) is 30.3 Å². The van der Waals surface area contributed by atoms with Gasteiger partial charge in [-0.15, -0.1) is 0 Å². The molecule has 0 spiro atoms. The van der Waals surface area contributed by atoms with Crippen LogP contribution in [-0.4, -0.2) is 16.3 Å². The Kier molecular flexibility index (Phi) is 3.85. The summed E-state index contributed by atoms with van der Waals surface area (Å²) in [6.07, 6.45) is -0.780. The minimum Gasteiger partial charge on any atom is -0.441 e. The molecule has 0 saturated carbocycles. The zero-order valence-corrected chi connectivity index (χ0v) is 11.2. The number of aromatic nitrogens is 2. The molecule has 1 amide bonds. The molecular formula is C14H17N3O2. The van der Waals surface area contributed by atoms with E-state index in [-0.39, 0.29) is 6.10 Å². The van der Waals surface area contributed by atoms with Gasteiger partial charge in [-0.05, 0) is 26.3 Å². The van der Waals surface area contributed by atoms with Crippen LogP contribution in [-0.2, 0) is 4.74 Å². The molecule has 100 valence electrons. The van der Waals surface area contributed by atoms with E-state index in [4.69, 9.17) is 4.74 Å². The number of H-pyrrole nitrogens is 1. The topological polar surface area (TPSA) is 67.0 Å². The van der Waals surface area contributed by atoms with E-state index in [1.807, 2.05) is 51.1 Å². The van der Waals surface area contributed by atoms with E-state index in [2.05, 4.69) is 15.5 Å². The van der Waals surface area contributed by atoms with E-state index in [0.29, 0.717) is 5.69 Å². The number of aromatic amines is 1. The minimum absolute atomic E-state index is 0.297. The number of carbonyl (C=O) groups excluding carboxylic acids is 1. The summed E-state index contributed by atoms with van der Waals surface area (Å²) >= 11 is 0. The Morgan fingerprint density at radius 2 is 2.00 bits per heavy atom. The maximum atomic E-state index is 11.8. The van der Waals surface area contributed by atoms with Crippen molar-refractivity contribution in [3.8, 4) is 0 Å². The molecule has 0 aliphatic rings. The van der Waals surface area contributed by atoms with Crippen molar-refractivity contribution >= 4 is 11.8 Å². The van der Waals surface area contributed by atoms with Crippen LogP contribution < -0.4 is 5.32 Å². The van der Waals surface area contributed by atoms with Crippen molar-refractivity contribution < 1.29 is 9.53 Å². The number of benzene rings is 1. The van der Waals surface area contributed by atoms with Gasteiger partial charge in [0.15, 0.2) is 0 Å². The summed E-state index contributed by atoms with van der Waals surface area (Å²) in [6.45, 7) is 5.50. The van der Waals surface area contributed by atoms with Crippen LogP contribution in [0.25, 0.3) is 0 Å². The summed E-state index contributed by atoms with van der Waals surface area (Å²) in [7, 11) is 0. The average Bonchev–Trinajstić information content (AvgIpc) is 2.71. The molecule has 0 aliphatic carbocycles. The van der Waals surface area contributed by atoms with Gasteiger partial charge in [-0.2, -0.15) is 5.10 Å². The Morgan fingerprint density at radius 3 is 2.58 bits per heavy atom. The molecule has 0 aliphatic heterocycles. The molecule has 0 unspecified atom stereocenters. The number of nitrogens with zero attached hydrogens (tertiary/aromatic N) is 1. The second-order valence-electron chi connectivity index (χ2n) is 4.39. The summed E-state index contributed by atoms with van der Waals surface area (Å²) in [6, 6.07) is 9.60. The third-order valence-electron chi connectivity index (χ3n) is 2.91. The van der Waals surface area contributed by atoms with Crippen LogP contribution in [0.3, 0.4) is 0 Å². The van der Waals surface area contributed by atoms with Crippen LogP contribution >= 0.6 is 0 Å².